The molecule has 0 saturated carbocycles. The van der Waals surface area contributed by atoms with E-state index in [1.54, 1.807) is 17.8 Å². The summed E-state index contributed by atoms with van der Waals surface area (Å²) in [6, 6.07) is 10.3. The summed E-state index contributed by atoms with van der Waals surface area (Å²) >= 11 is 1.67. The van der Waals surface area contributed by atoms with Crippen molar-refractivity contribution in [3.05, 3.63) is 74.9 Å². The second kappa shape index (κ2) is 8.03. The van der Waals surface area contributed by atoms with Crippen molar-refractivity contribution in [2.24, 2.45) is 0 Å². The van der Waals surface area contributed by atoms with Crippen molar-refractivity contribution < 1.29 is 13.6 Å². The highest BCUT2D eigenvalue weighted by molar-refractivity contribution is 7.99. The van der Waals surface area contributed by atoms with Gasteiger partial charge in [0, 0.05) is 28.0 Å². The van der Waals surface area contributed by atoms with Crippen LogP contribution in [-0.2, 0) is 11.2 Å². The Kier molecular flexibility index (Phi) is 5.46. The highest BCUT2D eigenvalue weighted by Crippen LogP contribution is 2.36. The Morgan fingerprint density at radius 2 is 2.07 bits per heavy atom. The van der Waals surface area contributed by atoms with E-state index in [9.17, 15) is 14.0 Å². The fourth-order valence-corrected chi connectivity index (χ4v) is 4.92. The summed E-state index contributed by atoms with van der Waals surface area (Å²) in [5, 5.41) is 3.89. The van der Waals surface area contributed by atoms with Gasteiger partial charge in [0.2, 0.25) is 5.91 Å². The second-order valence-electron chi connectivity index (χ2n) is 7.43. The molecule has 1 amide bonds. The van der Waals surface area contributed by atoms with Gasteiger partial charge in [0.05, 0.1) is 6.04 Å². The van der Waals surface area contributed by atoms with Crippen molar-refractivity contribution in [3.63, 3.8) is 0 Å². The Morgan fingerprint density at radius 3 is 2.90 bits per heavy atom. The Bertz CT molecular complexity index is 1150. The molecule has 1 N–H and O–H groups in total. The first-order chi connectivity index (χ1) is 13.9. The zero-order valence-electron chi connectivity index (χ0n) is 16.4. The van der Waals surface area contributed by atoms with Crippen LogP contribution in [0.2, 0.25) is 0 Å². The van der Waals surface area contributed by atoms with E-state index in [0.29, 0.717) is 17.6 Å². The number of amides is 1. The quantitative estimate of drug-likeness (QED) is 0.625. The van der Waals surface area contributed by atoms with Crippen LogP contribution < -0.4 is 10.9 Å². The maximum absolute atomic E-state index is 13.6. The second-order valence-corrected chi connectivity index (χ2v) is 8.57. The maximum atomic E-state index is 13.6. The van der Waals surface area contributed by atoms with Crippen LogP contribution in [-0.4, -0.2) is 11.7 Å². The number of nitrogens with one attached hydrogen (secondary N) is 1. The number of benzene rings is 2. The minimum Gasteiger partial charge on any atom is -0.423 e. The average Bonchev–Trinajstić information content (AvgIpc) is 2.68. The Morgan fingerprint density at radius 1 is 1.24 bits per heavy atom. The fraction of sp³-hybridized carbons (Fsp3) is 0.304. The number of fused-ring (bicyclic) bond motifs is 2. The van der Waals surface area contributed by atoms with E-state index in [1.165, 1.54) is 12.1 Å². The van der Waals surface area contributed by atoms with Crippen molar-refractivity contribution in [2.45, 2.75) is 44.0 Å². The first kappa shape index (κ1) is 19.7. The molecule has 4 nitrogen and oxygen atoms in total. The summed E-state index contributed by atoms with van der Waals surface area (Å²) in [7, 11) is 0. The first-order valence-electron chi connectivity index (χ1n) is 9.67. The number of aryl methyl sites for hydroxylation is 2. The van der Waals surface area contributed by atoms with E-state index >= 15 is 0 Å². The number of rotatable bonds is 4. The van der Waals surface area contributed by atoms with Gasteiger partial charge in [-0.1, -0.05) is 12.1 Å². The predicted molar refractivity (Wildman–Crippen MR) is 113 cm³/mol. The van der Waals surface area contributed by atoms with Crippen molar-refractivity contribution in [1.29, 1.82) is 0 Å². The third-order valence-corrected chi connectivity index (χ3v) is 6.51. The van der Waals surface area contributed by atoms with E-state index in [0.717, 1.165) is 39.1 Å². The number of carbonyl (C=O) groups excluding carboxylic acids is 1. The Balaban J connectivity index is 1.49. The van der Waals surface area contributed by atoms with Crippen LogP contribution in [0.4, 0.5) is 4.39 Å². The van der Waals surface area contributed by atoms with Crippen LogP contribution in [0, 0.1) is 19.7 Å². The molecule has 0 bridgehead atoms. The smallest absolute Gasteiger partial charge is 0.339 e. The molecule has 0 fully saturated rings. The minimum atomic E-state index is -0.394. The molecule has 6 heteroatoms. The van der Waals surface area contributed by atoms with Crippen molar-refractivity contribution >= 4 is 28.6 Å². The third-order valence-electron chi connectivity index (χ3n) is 5.39. The molecule has 1 aromatic heterocycles. The summed E-state index contributed by atoms with van der Waals surface area (Å²) in [5.41, 5.74) is 3.41. The summed E-state index contributed by atoms with van der Waals surface area (Å²) in [4.78, 5) is 26.0. The van der Waals surface area contributed by atoms with Gasteiger partial charge < -0.3 is 9.73 Å². The van der Waals surface area contributed by atoms with Crippen molar-refractivity contribution in [3.8, 4) is 0 Å². The van der Waals surface area contributed by atoms with Crippen LogP contribution >= 0.6 is 11.8 Å². The molecule has 2 aromatic carbocycles. The molecule has 0 unspecified atom stereocenters. The van der Waals surface area contributed by atoms with Crippen LogP contribution in [0.5, 0.6) is 0 Å². The van der Waals surface area contributed by atoms with Gasteiger partial charge >= 0.3 is 5.63 Å². The van der Waals surface area contributed by atoms with Gasteiger partial charge in [-0.15, -0.1) is 11.8 Å². The normalized spacial score (nSPS) is 15.9. The molecule has 0 spiro atoms. The van der Waals surface area contributed by atoms with Crippen LogP contribution in [0.15, 0.2) is 50.5 Å². The van der Waals surface area contributed by atoms with Gasteiger partial charge in [-0.05, 0) is 67.6 Å². The van der Waals surface area contributed by atoms with Crippen LogP contribution in [0.3, 0.4) is 0 Å². The lowest BCUT2D eigenvalue weighted by Crippen LogP contribution is -2.31. The molecular weight excluding hydrogens is 389 g/mol. The molecule has 1 aliphatic rings. The summed E-state index contributed by atoms with van der Waals surface area (Å²) in [6.45, 7) is 3.83. The largest absolute Gasteiger partial charge is 0.423 e. The van der Waals surface area contributed by atoms with Gasteiger partial charge in [-0.2, -0.15) is 0 Å². The van der Waals surface area contributed by atoms with E-state index in [1.807, 2.05) is 32.0 Å². The number of carbonyl (C=O) groups is 1. The number of hydrogen-bond acceptors (Lipinski definition) is 4. The highest BCUT2D eigenvalue weighted by atomic mass is 32.2. The topological polar surface area (TPSA) is 59.3 Å². The molecule has 4 rings (SSSR count). The number of hydrogen-bond donors (Lipinski definition) is 1. The molecule has 29 heavy (non-hydrogen) atoms. The lowest BCUT2D eigenvalue weighted by Gasteiger charge is -2.26. The summed E-state index contributed by atoms with van der Waals surface area (Å²) < 4.78 is 19.1. The predicted octanol–water partition coefficient (Wildman–Crippen LogP) is 4.83. The molecule has 0 aliphatic carbocycles. The van der Waals surface area contributed by atoms with Crippen LogP contribution in [0.1, 0.15) is 41.1 Å². The third kappa shape index (κ3) is 4.08. The van der Waals surface area contributed by atoms with E-state index in [-0.39, 0.29) is 24.2 Å². The highest BCUT2D eigenvalue weighted by Gasteiger charge is 2.23. The van der Waals surface area contributed by atoms with Gasteiger partial charge in [-0.25, -0.2) is 9.18 Å². The molecule has 2 heterocycles. The maximum Gasteiger partial charge on any atom is 0.339 e. The lowest BCUT2D eigenvalue weighted by molar-refractivity contribution is -0.121. The lowest BCUT2D eigenvalue weighted by atomic mass is 10.0. The molecule has 1 atom stereocenters. The zero-order valence-corrected chi connectivity index (χ0v) is 17.2. The van der Waals surface area contributed by atoms with E-state index in [2.05, 4.69) is 5.32 Å². The minimum absolute atomic E-state index is 0.153. The van der Waals surface area contributed by atoms with E-state index in [4.69, 9.17) is 4.42 Å². The standard InChI is InChI=1S/C23H22FNO3S/c1-13-3-5-16-14(2)17(23(27)28-20(16)11-13)6-8-22(26)25-19-9-10-29-21-7-4-15(24)12-18(19)21/h3-5,7,11-12,19H,6,8-10H2,1-2H3,(H,25,26)/t19-/m0/s1. The van der Waals surface area contributed by atoms with E-state index < -0.39 is 5.63 Å². The summed E-state index contributed by atoms with van der Waals surface area (Å²) in [6.07, 6.45) is 1.24. The molecule has 150 valence electrons. The average molecular weight is 411 g/mol. The number of halogens is 1. The number of thioether (sulfide) groups is 1. The van der Waals surface area contributed by atoms with Gasteiger partial charge in [0.1, 0.15) is 11.4 Å². The Hall–Kier alpha value is -2.60. The van der Waals surface area contributed by atoms with Crippen molar-refractivity contribution in [1.82, 2.24) is 5.32 Å². The SMILES string of the molecule is Cc1ccc2c(C)c(CCC(=O)N[C@H]3CCSc4ccc(F)cc43)c(=O)oc2c1. The van der Waals surface area contributed by atoms with Gasteiger partial charge in [0.15, 0.2) is 0 Å². The fourth-order valence-electron chi connectivity index (χ4n) is 3.81. The van der Waals surface area contributed by atoms with Crippen molar-refractivity contribution in [2.75, 3.05) is 5.75 Å². The zero-order chi connectivity index (χ0) is 20.5. The monoisotopic (exact) mass is 411 g/mol. The molecule has 0 radical (unpaired) electrons. The molecular formula is C23H22FNO3S. The van der Waals surface area contributed by atoms with Crippen LogP contribution in [0.25, 0.3) is 11.0 Å². The Labute approximate surface area is 172 Å². The molecule has 0 saturated heterocycles. The summed E-state index contributed by atoms with van der Waals surface area (Å²) in [5.74, 6) is 0.418. The molecule has 1 aliphatic heterocycles. The first-order valence-corrected chi connectivity index (χ1v) is 10.7. The van der Waals surface area contributed by atoms with Gasteiger partial charge in [0.25, 0.3) is 0 Å². The molecule has 3 aromatic rings. The van der Waals surface area contributed by atoms with Gasteiger partial charge in [-0.3, -0.25) is 4.79 Å².